The number of nitrogens with zero attached hydrogens (tertiary/aromatic N) is 1. The predicted molar refractivity (Wildman–Crippen MR) is 92.8 cm³/mol. The third-order valence-corrected chi connectivity index (χ3v) is 4.04. The van der Waals surface area contributed by atoms with E-state index in [2.05, 4.69) is 85.6 Å². The smallest absolute Gasteiger partial charge is 0.0704 e. The highest BCUT2D eigenvalue weighted by Gasteiger charge is 2.18. The van der Waals surface area contributed by atoms with E-state index in [1.165, 1.54) is 16.7 Å². The summed E-state index contributed by atoms with van der Waals surface area (Å²) < 4.78 is 0. The molecule has 0 amide bonds. The first kappa shape index (κ1) is 14.5. The summed E-state index contributed by atoms with van der Waals surface area (Å²) in [6, 6.07) is 25.5. The third kappa shape index (κ3) is 3.09. The fraction of sp³-hybridized carbons (Fsp3) is 0.190. The molecule has 110 valence electrons. The lowest BCUT2D eigenvalue weighted by Gasteiger charge is -2.22. The van der Waals surface area contributed by atoms with Gasteiger partial charge in [-0.1, -0.05) is 74.5 Å². The predicted octanol–water partition coefficient (Wildman–Crippen LogP) is 5.54. The van der Waals surface area contributed by atoms with Gasteiger partial charge in [-0.3, -0.25) is 4.98 Å². The third-order valence-electron chi connectivity index (χ3n) is 4.04. The Bertz CT molecular complexity index is 717. The molecule has 1 unspecified atom stereocenters. The maximum atomic E-state index is 4.55. The lowest BCUT2D eigenvalue weighted by Crippen LogP contribution is -2.09. The van der Waals surface area contributed by atoms with Crippen molar-refractivity contribution < 1.29 is 0 Å². The average molecular weight is 287 g/mol. The number of hydrogen-bond acceptors (Lipinski definition) is 1. The minimum atomic E-state index is 0.395. The second-order valence-electron chi connectivity index (χ2n) is 5.97. The summed E-state index contributed by atoms with van der Waals surface area (Å²) in [5, 5.41) is 0. The first-order valence-corrected chi connectivity index (χ1v) is 7.82. The van der Waals surface area contributed by atoms with Crippen LogP contribution in [0.1, 0.15) is 30.9 Å². The summed E-state index contributed by atoms with van der Waals surface area (Å²) in [5.41, 5.74) is 4.90. The Kier molecular flexibility index (Phi) is 4.34. The second-order valence-corrected chi connectivity index (χ2v) is 5.97. The van der Waals surface area contributed by atoms with Crippen molar-refractivity contribution in [2.45, 2.75) is 19.8 Å². The van der Waals surface area contributed by atoms with Gasteiger partial charge in [-0.25, -0.2) is 0 Å². The highest BCUT2D eigenvalue weighted by atomic mass is 14.7. The second kappa shape index (κ2) is 6.57. The lowest BCUT2D eigenvalue weighted by atomic mass is 9.82. The Balaban J connectivity index is 2.03. The number of hydrogen-bond donors (Lipinski definition) is 0. The number of aromatic nitrogens is 1. The monoisotopic (exact) mass is 287 g/mol. The van der Waals surface area contributed by atoms with Crippen LogP contribution < -0.4 is 0 Å². The maximum Gasteiger partial charge on any atom is 0.0704 e. The van der Waals surface area contributed by atoms with Gasteiger partial charge in [-0.2, -0.15) is 0 Å². The van der Waals surface area contributed by atoms with Gasteiger partial charge in [0.1, 0.15) is 0 Å². The molecule has 1 nitrogen and oxygen atoms in total. The SMILES string of the molecule is CC(C)C(c1ccccc1)c1ccnc(-c2ccccc2)c1. The molecule has 0 aliphatic rings. The van der Waals surface area contributed by atoms with E-state index in [1.807, 2.05) is 12.3 Å². The van der Waals surface area contributed by atoms with Crippen LogP contribution in [0.4, 0.5) is 0 Å². The summed E-state index contributed by atoms with van der Waals surface area (Å²) in [6.07, 6.45) is 1.93. The molecule has 1 heteroatoms. The molecule has 0 bridgehead atoms. The Morgan fingerprint density at radius 2 is 1.36 bits per heavy atom. The van der Waals surface area contributed by atoms with Gasteiger partial charge in [0.25, 0.3) is 0 Å². The van der Waals surface area contributed by atoms with Crippen molar-refractivity contribution in [1.82, 2.24) is 4.98 Å². The molecular formula is C21H21N. The average Bonchev–Trinajstić information content (AvgIpc) is 2.57. The highest BCUT2D eigenvalue weighted by molar-refractivity contribution is 5.60. The molecule has 3 rings (SSSR count). The van der Waals surface area contributed by atoms with E-state index in [1.54, 1.807) is 0 Å². The molecular weight excluding hydrogens is 266 g/mol. The zero-order valence-electron chi connectivity index (χ0n) is 13.1. The molecule has 1 aromatic heterocycles. The van der Waals surface area contributed by atoms with Gasteiger partial charge < -0.3 is 0 Å². The van der Waals surface area contributed by atoms with Gasteiger partial charge in [0.2, 0.25) is 0 Å². The van der Waals surface area contributed by atoms with Crippen LogP contribution in [0.5, 0.6) is 0 Å². The summed E-state index contributed by atoms with van der Waals surface area (Å²) >= 11 is 0. The van der Waals surface area contributed by atoms with Crippen LogP contribution in [0, 0.1) is 5.92 Å². The van der Waals surface area contributed by atoms with Crippen molar-refractivity contribution in [2.75, 3.05) is 0 Å². The largest absolute Gasteiger partial charge is 0.256 e. The molecule has 0 aliphatic carbocycles. The molecule has 3 aromatic rings. The molecule has 2 aromatic carbocycles. The fourth-order valence-electron chi connectivity index (χ4n) is 3.03. The standard InChI is InChI=1S/C21H21N/c1-16(2)21(18-11-7-4-8-12-18)19-13-14-22-20(15-19)17-9-5-3-6-10-17/h3-16,21H,1-2H3. The van der Waals surface area contributed by atoms with Gasteiger partial charge >= 0.3 is 0 Å². The normalized spacial score (nSPS) is 12.3. The Hall–Kier alpha value is -2.41. The number of rotatable bonds is 4. The maximum absolute atomic E-state index is 4.55. The van der Waals surface area contributed by atoms with Crippen LogP contribution in [0.15, 0.2) is 79.0 Å². The van der Waals surface area contributed by atoms with Crippen molar-refractivity contribution >= 4 is 0 Å². The van der Waals surface area contributed by atoms with E-state index < -0.39 is 0 Å². The molecule has 22 heavy (non-hydrogen) atoms. The van der Waals surface area contributed by atoms with Gasteiger partial charge in [0, 0.05) is 17.7 Å². The highest BCUT2D eigenvalue weighted by Crippen LogP contribution is 2.33. The Labute approximate surface area is 132 Å². The van der Waals surface area contributed by atoms with E-state index in [-0.39, 0.29) is 0 Å². The summed E-state index contributed by atoms with van der Waals surface area (Å²) in [7, 11) is 0. The van der Waals surface area contributed by atoms with Gasteiger partial charge in [0.15, 0.2) is 0 Å². The van der Waals surface area contributed by atoms with Crippen molar-refractivity contribution in [3.05, 3.63) is 90.1 Å². The first-order chi connectivity index (χ1) is 10.8. The molecule has 0 aliphatic heterocycles. The van der Waals surface area contributed by atoms with Crippen LogP contribution >= 0.6 is 0 Å². The zero-order chi connectivity index (χ0) is 15.4. The molecule has 0 radical (unpaired) electrons. The number of pyridine rings is 1. The Morgan fingerprint density at radius 1 is 0.727 bits per heavy atom. The van der Waals surface area contributed by atoms with Crippen LogP contribution in [0.25, 0.3) is 11.3 Å². The topological polar surface area (TPSA) is 12.9 Å². The van der Waals surface area contributed by atoms with Gasteiger partial charge in [-0.15, -0.1) is 0 Å². The van der Waals surface area contributed by atoms with E-state index in [4.69, 9.17) is 0 Å². The molecule has 0 spiro atoms. The van der Waals surface area contributed by atoms with E-state index in [0.29, 0.717) is 11.8 Å². The van der Waals surface area contributed by atoms with Crippen molar-refractivity contribution in [1.29, 1.82) is 0 Å². The van der Waals surface area contributed by atoms with Crippen molar-refractivity contribution in [3.8, 4) is 11.3 Å². The summed E-state index contributed by atoms with van der Waals surface area (Å²) in [5.74, 6) is 0.931. The van der Waals surface area contributed by atoms with Crippen LogP contribution in [0.2, 0.25) is 0 Å². The van der Waals surface area contributed by atoms with Gasteiger partial charge in [0.05, 0.1) is 5.69 Å². The minimum Gasteiger partial charge on any atom is -0.256 e. The van der Waals surface area contributed by atoms with Crippen LogP contribution in [-0.4, -0.2) is 4.98 Å². The number of benzene rings is 2. The molecule has 1 heterocycles. The van der Waals surface area contributed by atoms with Crippen molar-refractivity contribution in [3.63, 3.8) is 0 Å². The van der Waals surface area contributed by atoms with Gasteiger partial charge in [-0.05, 0) is 29.2 Å². The van der Waals surface area contributed by atoms with Crippen LogP contribution in [-0.2, 0) is 0 Å². The molecule has 0 saturated carbocycles. The molecule has 1 atom stereocenters. The molecule has 0 fully saturated rings. The quantitative estimate of drug-likeness (QED) is 0.614. The summed E-state index contributed by atoms with van der Waals surface area (Å²) in [4.78, 5) is 4.55. The fourth-order valence-corrected chi connectivity index (χ4v) is 3.03. The lowest BCUT2D eigenvalue weighted by molar-refractivity contribution is 0.563. The Morgan fingerprint density at radius 3 is 2.00 bits per heavy atom. The molecule has 0 saturated heterocycles. The first-order valence-electron chi connectivity index (χ1n) is 7.82. The van der Waals surface area contributed by atoms with Crippen molar-refractivity contribution in [2.24, 2.45) is 5.92 Å². The van der Waals surface area contributed by atoms with Crippen LogP contribution in [0.3, 0.4) is 0 Å². The van der Waals surface area contributed by atoms with E-state index in [9.17, 15) is 0 Å². The van der Waals surface area contributed by atoms with E-state index in [0.717, 1.165) is 5.69 Å². The summed E-state index contributed by atoms with van der Waals surface area (Å²) in [6.45, 7) is 4.56. The molecule has 0 N–H and O–H groups in total. The van der Waals surface area contributed by atoms with E-state index >= 15 is 0 Å². The minimum absolute atomic E-state index is 0.395. The zero-order valence-corrected chi connectivity index (χ0v) is 13.1.